The summed E-state index contributed by atoms with van der Waals surface area (Å²) in [6, 6.07) is 10.8. The molecule has 4 rings (SSSR count). The Morgan fingerprint density at radius 3 is 2.76 bits per heavy atom. The van der Waals surface area contributed by atoms with Crippen molar-refractivity contribution in [1.82, 2.24) is 4.72 Å². The van der Waals surface area contributed by atoms with E-state index >= 15 is 0 Å². The van der Waals surface area contributed by atoms with Crippen LogP contribution in [0.1, 0.15) is 29.5 Å². The molecule has 1 N–H and O–H groups in total. The third-order valence-corrected chi connectivity index (χ3v) is 7.11. The number of nitrogens with one attached hydrogen (secondary N) is 1. The van der Waals surface area contributed by atoms with Gasteiger partial charge in [-0.25, -0.2) is 13.1 Å². The molecule has 2 aromatic carbocycles. The highest BCUT2D eigenvalue weighted by Gasteiger charge is 2.36. The molecule has 1 aliphatic carbocycles. The van der Waals surface area contributed by atoms with Crippen LogP contribution < -0.4 is 14.4 Å². The van der Waals surface area contributed by atoms with Crippen molar-refractivity contribution >= 4 is 21.6 Å². The first-order valence-corrected chi connectivity index (χ1v) is 11.5. The van der Waals surface area contributed by atoms with E-state index in [0.717, 1.165) is 41.0 Å². The quantitative estimate of drug-likeness (QED) is 0.707. The standard InChI is InChI=1S/C22H26N2O4S/c1-15-4-3-5-21(16(15)2)28-13-11-23-29(26,27)19-8-9-20-18(14-19)10-12-24(20)22(25)17-6-7-17/h3-5,8-9,14,17,23H,6-7,10-13H2,1-2H3. The van der Waals surface area contributed by atoms with E-state index in [2.05, 4.69) is 4.72 Å². The smallest absolute Gasteiger partial charge is 0.240 e. The van der Waals surface area contributed by atoms with Crippen molar-refractivity contribution in [2.45, 2.75) is 38.0 Å². The van der Waals surface area contributed by atoms with E-state index in [4.69, 9.17) is 4.74 Å². The van der Waals surface area contributed by atoms with E-state index in [9.17, 15) is 13.2 Å². The van der Waals surface area contributed by atoms with Gasteiger partial charge in [0.1, 0.15) is 12.4 Å². The number of aryl methyl sites for hydroxylation is 1. The first kappa shape index (κ1) is 19.9. The lowest BCUT2D eigenvalue weighted by atomic mass is 10.1. The van der Waals surface area contributed by atoms with Crippen LogP contribution in [-0.4, -0.2) is 34.0 Å². The fraction of sp³-hybridized carbons (Fsp3) is 0.409. The molecule has 1 aliphatic heterocycles. The van der Waals surface area contributed by atoms with Gasteiger partial charge in [-0.3, -0.25) is 4.79 Å². The minimum absolute atomic E-state index is 0.156. The second kappa shape index (κ2) is 7.80. The van der Waals surface area contributed by atoms with Gasteiger partial charge in [0.05, 0.1) is 4.90 Å². The van der Waals surface area contributed by atoms with Crippen LogP contribution in [0.15, 0.2) is 41.3 Å². The predicted octanol–water partition coefficient (Wildman–Crippen LogP) is 2.96. The molecular weight excluding hydrogens is 388 g/mol. The molecule has 2 aromatic rings. The molecule has 0 bridgehead atoms. The number of rotatable bonds is 7. The number of hydrogen-bond donors (Lipinski definition) is 1. The van der Waals surface area contributed by atoms with Crippen molar-refractivity contribution in [3.05, 3.63) is 53.1 Å². The van der Waals surface area contributed by atoms with Gasteiger partial charge in [0.25, 0.3) is 0 Å². The number of anilines is 1. The second-order valence-electron chi connectivity index (χ2n) is 7.75. The number of carbonyl (C=O) groups is 1. The van der Waals surface area contributed by atoms with Gasteiger partial charge in [0, 0.05) is 24.7 Å². The Morgan fingerprint density at radius 2 is 2.00 bits per heavy atom. The molecule has 0 aromatic heterocycles. The van der Waals surface area contributed by atoms with E-state index in [0.29, 0.717) is 13.0 Å². The molecule has 0 atom stereocenters. The zero-order valence-electron chi connectivity index (χ0n) is 16.8. The molecule has 1 amide bonds. The molecule has 1 saturated carbocycles. The molecule has 154 valence electrons. The van der Waals surface area contributed by atoms with Crippen molar-refractivity contribution < 1.29 is 17.9 Å². The Balaban J connectivity index is 1.38. The predicted molar refractivity (Wildman–Crippen MR) is 112 cm³/mol. The molecule has 6 nitrogen and oxygen atoms in total. The second-order valence-corrected chi connectivity index (χ2v) is 9.52. The summed E-state index contributed by atoms with van der Waals surface area (Å²) in [5.74, 6) is 1.09. The summed E-state index contributed by atoms with van der Waals surface area (Å²) in [6.45, 7) is 5.05. The molecular formula is C22H26N2O4S. The number of fused-ring (bicyclic) bond motifs is 1. The fourth-order valence-electron chi connectivity index (χ4n) is 3.63. The van der Waals surface area contributed by atoms with E-state index in [1.54, 1.807) is 23.1 Å². The van der Waals surface area contributed by atoms with Gasteiger partial charge in [-0.05, 0) is 74.1 Å². The highest BCUT2D eigenvalue weighted by atomic mass is 32.2. The monoisotopic (exact) mass is 414 g/mol. The summed E-state index contributed by atoms with van der Waals surface area (Å²) in [4.78, 5) is 14.4. The maximum atomic E-state index is 12.7. The van der Waals surface area contributed by atoms with Crippen molar-refractivity contribution in [2.75, 3.05) is 24.6 Å². The average molecular weight is 415 g/mol. The van der Waals surface area contributed by atoms with E-state index in [-0.39, 0.29) is 29.9 Å². The van der Waals surface area contributed by atoms with Crippen molar-refractivity contribution in [2.24, 2.45) is 5.92 Å². The van der Waals surface area contributed by atoms with E-state index in [1.807, 2.05) is 32.0 Å². The van der Waals surface area contributed by atoms with Gasteiger partial charge in [0.15, 0.2) is 0 Å². The summed E-state index contributed by atoms with van der Waals surface area (Å²) in [5, 5.41) is 0. The van der Waals surface area contributed by atoms with Crippen LogP contribution in [0.25, 0.3) is 0 Å². The van der Waals surface area contributed by atoms with E-state index in [1.165, 1.54) is 0 Å². The highest BCUT2D eigenvalue weighted by molar-refractivity contribution is 7.89. The first-order chi connectivity index (χ1) is 13.9. The number of benzene rings is 2. The molecule has 0 radical (unpaired) electrons. The molecule has 7 heteroatoms. The fourth-order valence-corrected chi connectivity index (χ4v) is 4.69. The zero-order chi connectivity index (χ0) is 20.6. The maximum Gasteiger partial charge on any atom is 0.240 e. The van der Waals surface area contributed by atoms with Gasteiger partial charge in [-0.1, -0.05) is 12.1 Å². The Hall–Kier alpha value is -2.38. The van der Waals surface area contributed by atoms with Gasteiger partial charge in [0.2, 0.25) is 15.9 Å². The molecule has 2 aliphatic rings. The van der Waals surface area contributed by atoms with E-state index < -0.39 is 10.0 Å². The number of amides is 1. The third-order valence-electron chi connectivity index (χ3n) is 5.66. The summed E-state index contributed by atoms with van der Waals surface area (Å²) in [7, 11) is -3.63. The first-order valence-electron chi connectivity index (χ1n) is 10.00. The van der Waals surface area contributed by atoms with Gasteiger partial charge >= 0.3 is 0 Å². The SMILES string of the molecule is Cc1cccc(OCCNS(=O)(=O)c2ccc3c(c2)CCN3C(=O)C2CC2)c1C. The summed E-state index contributed by atoms with van der Waals surface area (Å²) in [6.07, 6.45) is 2.61. The summed E-state index contributed by atoms with van der Waals surface area (Å²) >= 11 is 0. The van der Waals surface area contributed by atoms with Gasteiger partial charge < -0.3 is 9.64 Å². The lowest BCUT2D eigenvalue weighted by Crippen LogP contribution is -2.30. The van der Waals surface area contributed by atoms with Gasteiger partial charge in [-0.2, -0.15) is 0 Å². The lowest BCUT2D eigenvalue weighted by molar-refractivity contribution is -0.119. The van der Waals surface area contributed by atoms with Crippen molar-refractivity contribution in [3.63, 3.8) is 0 Å². The number of carbonyl (C=O) groups excluding carboxylic acids is 1. The minimum atomic E-state index is -3.63. The maximum absolute atomic E-state index is 12.7. The normalized spacial score (nSPS) is 16.0. The van der Waals surface area contributed by atoms with Crippen molar-refractivity contribution in [1.29, 1.82) is 0 Å². The van der Waals surface area contributed by atoms with Crippen LogP contribution in [0.3, 0.4) is 0 Å². The third kappa shape index (κ3) is 4.16. The molecule has 0 unspecified atom stereocenters. The van der Waals surface area contributed by atoms with Crippen LogP contribution in [0.4, 0.5) is 5.69 Å². The molecule has 1 fully saturated rings. The van der Waals surface area contributed by atoms with Gasteiger partial charge in [-0.15, -0.1) is 0 Å². The van der Waals surface area contributed by atoms with Crippen LogP contribution in [0.2, 0.25) is 0 Å². The topological polar surface area (TPSA) is 75.7 Å². The molecule has 1 heterocycles. The van der Waals surface area contributed by atoms with Crippen molar-refractivity contribution in [3.8, 4) is 5.75 Å². The average Bonchev–Trinajstić information content (AvgIpc) is 3.46. The Bertz CT molecular complexity index is 1040. The number of ether oxygens (including phenoxy) is 1. The molecule has 29 heavy (non-hydrogen) atoms. The minimum Gasteiger partial charge on any atom is -0.492 e. The number of hydrogen-bond acceptors (Lipinski definition) is 4. The highest BCUT2D eigenvalue weighted by Crippen LogP contribution is 2.37. The molecule has 0 spiro atoms. The zero-order valence-corrected chi connectivity index (χ0v) is 17.6. The Kier molecular flexibility index (Phi) is 5.36. The van der Waals surface area contributed by atoms with Crippen LogP contribution in [0.5, 0.6) is 5.75 Å². The number of sulfonamides is 1. The summed E-state index contributed by atoms with van der Waals surface area (Å²) in [5.41, 5.74) is 3.95. The largest absolute Gasteiger partial charge is 0.492 e. The Morgan fingerprint density at radius 1 is 1.21 bits per heavy atom. The Labute approximate surface area is 171 Å². The molecule has 0 saturated heterocycles. The van der Waals surface area contributed by atoms with Crippen LogP contribution in [0, 0.1) is 19.8 Å². The summed E-state index contributed by atoms with van der Waals surface area (Å²) < 4.78 is 33.6. The number of nitrogens with zero attached hydrogens (tertiary/aromatic N) is 1. The van der Waals surface area contributed by atoms with Crippen LogP contribution >= 0.6 is 0 Å². The lowest BCUT2D eigenvalue weighted by Gasteiger charge is -2.17. The van der Waals surface area contributed by atoms with Crippen LogP contribution in [-0.2, 0) is 21.2 Å².